The standard InChI is InChI=1S/C15H21N3/c1-15(2,3)7-9-18-13-6-8-17-14-10-11(16)4-5-12(13)14/h4-6,8,10H,7,9,16H2,1-3H3,(H,17,18). The van der Waals surface area contributed by atoms with Crippen molar-refractivity contribution < 1.29 is 0 Å². The Bertz CT molecular complexity index is 541. The van der Waals surface area contributed by atoms with E-state index in [0.717, 1.165) is 35.2 Å². The molecule has 3 nitrogen and oxygen atoms in total. The van der Waals surface area contributed by atoms with Gasteiger partial charge in [0, 0.05) is 29.5 Å². The predicted molar refractivity (Wildman–Crippen MR) is 78.7 cm³/mol. The number of rotatable bonds is 3. The summed E-state index contributed by atoms with van der Waals surface area (Å²) in [6.45, 7) is 7.72. The molecule has 0 saturated carbocycles. The smallest absolute Gasteiger partial charge is 0.0743 e. The molecule has 0 aliphatic carbocycles. The lowest BCUT2D eigenvalue weighted by molar-refractivity contribution is 0.390. The first kappa shape index (κ1) is 12.7. The van der Waals surface area contributed by atoms with Crippen molar-refractivity contribution in [3.05, 3.63) is 30.5 Å². The van der Waals surface area contributed by atoms with Gasteiger partial charge in [-0.15, -0.1) is 0 Å². The Morgan fingerprint density at radius 3 is 2.72 bits per heavy atom. The minimum atomic E-state index is 0.347. The van der Waals surface area contributed by atoms with Crippen molar-refractivity contribution in [2.45, 2.75) is 27.2 Å². The van der Waals surface area contributed by atoms with Crippen LogP contribution in [0.5, 0.6) is 0 Å². The van der Waals surface area contributed by atoms with Gasteiger partial charge in [0.25, 0.3) is 0 Å². The zero-order valence-corrected chi connectivity index (χ0v) is 11.3. The number of anilines is 2. The number of hydrogen-bond acceptors (Lipinski definition) is 3. The van der Waals surface area contributed by atoms with Crippen molar-refractivity contribution in [2.75, 3.05) is 17.6 Å². The summed E-state index contributed by atoms with van der Waals surface area (Å²) in [4.78, 5) is 4.34. The van der Waals surface area contributed by atoms with Gasteiger partial charge in [0.2, 0.25) is 0 Å². The number of hydrogen-bond donors (Lipinski definition) is 2. The van der Waals surface area contributed by atoms with E-state index in [1.807, 2.05) is 30.5 Å². The second-order valence-corrected chi connectivity index (χ2v) is 5.87. The topological polar surface area (TPSA) is 50.9 Å². The summed E-state index contributed by atoms with van der Waals surface area (Å²) in [5.41, 5.74) is 8.94. The van der Waals surface area contributed by atoms with Crippen LogP contribution in [0.3, 0.4) is 0 Å². The maximum Gasteiger partial charge on any atom is 0.0743 e. The number of nitrogens with one attached hydrogen (secondary N) is 1. The van der Waals surface area contributed by atoms with Gasteiger partial charge in [0.05, 0.1) is 5.52 Å². The summed E-state index contributed by atoms with van der Waals surface area (Å²) in [6.07, 6.45) is 2.95. The monoisotopic (exact) mass is 243 g/mol. The van der Waals surface area contributed by atoms with Gasteiger partial charge >= 0.3 is 0 Å². The van der Waals surface area contributed by atoms with Gasteiger partial charge in [-0.05, 0) is 36.1 Å². The van der Waals surface area contributed by atoms with E-state index in [1.54, 1.807) is 0 Å². The molecule has 2 rings (SSSR count). The van der Waals surface area contributed by atoms with E-state index < -0.39 is 0 Å². The fraction of sp³-hybridized carbons (Fsp3) is 0.400. The molecule has 1 aromatic carbocycles. The van der Waals surface area contributed by atoms with Gasteiger partial charge in [0.15, 0.2) is 0 Å². The number of nitrogens with zero attached hydrogens (tertiary/aromatic N) is 1. The van der Waals surface area contributed by atoms with Crippen LogP contribution >= 0.6 is 0 Å². The average molecular weight is 243 g/mol. The number of aromatic nitrogens is 1. The minimum Gasteiger partial charge on any atom is -0.399 e. The lowest BCUT2D eigenvalue weighted by atomic mass is 9.92. The molecule has 0 radical (unpaired) electrons. The van der Waals surface area contributed by atoms with E-state index in [4.69, 9.17) is 5.73 Å². The molecule has 3 heteroatoms. The highest BCUT2D eigenvalue weighted by Gasteiger charge is 2.09. The first-order valence-corrected chi connectivity index (χ1v) is 6.34. The molecule has 0 unspecified atom stereocenters. The molecule has 1 aromatic heterocycles. The van der Waals surface area contributed by atoms with Gasteiger partial charge < -0.3 is 11.1 Å². The molecule has 0 aliphatic heterocycles. The maximum absolute atomic E-state index is 5.77. The van der Waals surface area contributed by atoms with Crippen LogP contribution in [0, 0.1) is 5.41 Å². The summed E-state index contributed by atoms with van der Waals surface area (Å²) in [6, 6.07) is 7.86. The van der Waals surface area contributed by atoms with Gasteiger partial charge in [-0.1, -0.05) is 20.8 Å². The highest BCUT2D eigenvalue weighted by molar-refractivity contribution is 5.92. The molecule has 0 aliphatic rings. The zero-order valence-electron chi connectivity index (χ0n) is 11.3. The highest BCUT2D eigenvalue weighted by Crippen LogP contribution is 2.24. The van der Waals surface area contributed by atoms with E-state index in [1.165, 1.54) is 0 Å². The number of pyridine rings is 1. The molecule has 1 heterocycles. The molecule has 0 fully saturated rings. The molecule has 0 spiro atoms. The third kappa shape index (κ3) is 3.13. The Morgan fingerprint density at radius 2 is 2.00 bits per heavy atom. The van der Waals surface area contributed by atoms with E-state index in [9.17, 15) is 0 Å². The second-order valence-electron chi connectivity index (χ2n) is 5.87. The molecule has 96 valence electrons. The highest BCUT2D eigenvalue weighted by atomic mass is 14.9. The van der Waals surface area contributed by atoms with Crippen LogP contribution in [0.25, 0.3) is 10.9 Å². The van der Waals surface area contributed by atoms with E-state index in [2.05, 4.69) is 31.1 Å². The van der Waals surface area contributed by atoms with Gasteiger partial charge in [-0.2, -0.15) is 0 Å². The Morgan fingerprint density at radius 1 is 1.22 bits per heavy atom. The molecule has 0 bridgehead atoms. The van der Waals surface area contributed by atoms with Crippen LogP contribution in [0.1, 0.15) is 27.2 Å². The zero-order chi connectivity index (χ0) is 13.2. The lowest BCUT2D eigenvalue weighted by Crippen LogP contribution is -2.13. The predicted octanol–water partition coefficient (Wildman–Crippen LogP) is 3.67. The van der Waals surface area contributed by atoms with Crippen LogP contribution in [0.15, 0.2) is 30.5 Å². The molecule has 0 atom stereocenters. The van der Waals surface area contributed by atoms with Crippen LogP contribution in [-0.2, 0) is 0 Å². The Balaban J connectivity index is 2.18. The van der Waals surface area contributed by atoms with Gasteiger partial charge in [-0.3, -0.25) is 4.98 Å². The van der Waals surface area contributed by atoms with Crippen LogP contribution in [0.2, 0.25) is 0 Å². The quantitative estimate of drug-likeness (QED) is 0.809. The van der Waals surface area contributed by atoms with Crippen LogP contribution < -0.4 is 11.1 Å². The summed E-state index contributed by atoms with van der Waals surface area (Å²) in [7, 11) is 0. The van der Waals surface area contributed by atoms with E-state index in [0.29, 0.717) is 5.41 Å². The second kappa shape index (κ2) is 4.84. The molecular weight excluding hydrogens is 222 g/mol. The third-order valence-corrected chi connectivity index (χ3v) is 2.96. The number of nitrogens with two attached hydrogens (primary N) is 1. The van der Waals surface area contributed by atoms with Crippen molar-refractivity contribution in [2.24, 2.45) is 5.41 Å². The summed E-state index contributed by atoms with van der Waals surface area (Å²) < 4.78 is 0. The summed E-state index contributed by atoms with van der Waals surface area (Å²) in [5.74, 6) is 0. The molecule has 3 N–H and O–H groups in total. The van der Waals surface area contributed by atoms with E-state index in [-0.39, 0.29) is 0 Å². The first-order valence-electron chi connectivity index (χ1n) is 6.34. The van der Waals surface area contributed by atoms with Crippen LogP contribution in [-0.4, -0.2) is 11.5 Å². The largest absolute Gasteiger partial charge is 0.399 e. The van der Waals surface area contributed by atoms with Crippen molar-refractivity contribution >= 4 is 22.3 Å². The SMILES string of the molecule is CC(C)(C)CCNc1ccnc2cc(N)ccc12. The lowest BCUT2D eigenvalue weighted by Gasteiger charge is -2.19. The Hall–Kier alpha value is -1.77. The third-order valence-electron chi connectivity index (χ3n) is 2.96. The average Bonchev–Trinajstić information content (AvgIpc) is 2.27. The minimum absolute atomic E-state index is 0.347. The van der Waals surface area contributed by atoms with Gasteiger partial charge in [-0.25, -0.2) is 0 Å². The first-order chi connectivity index (χ1) is 8.46. The molecule has 2 aromatic rings. The fourth-order valence-electron chi connectivity index (χ4n) is 1.89. The Kier molecular flexibility index (Phi) is 3.41. The molecular formula is C15H21N3. The Labute approximate surface area is 108 Å². The van der Waals surface area contributed by atoms with Crippen molar-refractivity contribution in [1.82, 2.24) is 4.98 Å². The number of benzene rings is 1. The van der Waals surface area contributed by atoms with Crippen LogP contribution in [0.4, 0.5) is 11.4 Å². The number of fused-ring (bicyclic) bond motifs is 1. The number of nitrogen functional groups attached to an aromatic ring is 1. The molecule has 0 amide bonds. The summed E-state index contributed by atoms with van der Waals surface area (Å²) in [5, 5.41) is 4.61. The summed E-state index contributed by atoms with van der Waals surface area (Å²) >= 11 is 0. The van der Waals surface area contributed by atoms with Crippen molar-refractivity contribution in [1.29, 1.82) is 0 Å². The van der Waals surface area contributed by atoms with Crippen molar-refractivity contribution in [3.8, 4) is 0 Å². The molecule has 0 saturated heterocycles. The fourth-order valence-corrected chi connectivity index (χ4v) is 1.89. The normalized spacial score (nSPS) is 11.7. The van der Waals surface area contributed by atoms with Gasteiger partial charge in [0.1, 0.15) is 0 Å². The maximum atomic E-state index is 5.77. The van der Waals surface area contributed by atoms with E-state index >= 15 is 0 Å². The molecule has 18 heavy (non-hydrogen) atoms. The van der Waals surface area contributed by atoms with Crippen molar-refractivity contribution in [3.63, 3.8) is 0 Å².